The van der Waals surface area contributed by atoms with Crippen LogP contribution in [0.1, 0.15) is 32.6 Å². The SMILES string of the molecule is CCC1CCCN(C(N)=NC)CC1. The van der Waals surface area contributed by atoms with Gasteiger partial charge in [-0.25, -0.2) is 0 Å². The predicted octanol–water partition coefficient (Wildman–Crippen LogP) is 1.44. The molecule has 0 aromatic carbocycles. The zero-order valence-electron chi connectivity index (χ0n) is 8.79. The van der Waals surface area contributed by atoms with E-state index in [0.717, 1.165) is 19.0 Å². The molecule has 1 saturated heterocycles. The van der Waals surface area contributed by atoms with Crippen molar-refractivity contribution in [1.29, 1.82) is 0 Å². The van der Waals surface area contributed by atoms with Crippen molar-refractivity contribution in [2.75, 3.05) is 20.1 Å². The third kappa shape index (κ3) is 2.90. The van der Waals surface area contributed by atoms with Gasteiger partial charge >= 0.3 is 0 Å². The minimum Gasteiger partial charge on any atom is -0.370 e. The van der Waals surface area contributed by atoms with E-state index in [9.17, 15) is 0 Å². The Bertz CT molecular complexity index is 177. The van der Waals surface area contributed by atoms with Crippen molar-refractivity contribution in [2.45, 2.75) is 32.6 Å². The highest BCUT2D eigenvalue weighted by atomic mass is 15.2. The van der Waals surface area contributed by atoms with Crippen LogP contribution in [0.15, 0.2) is 4.99 Å². The summed E-state index contributed by atoms with van der Waals surface area (Å²) in [6.07, 6.45) is 5.18. The maximum absolute atomic E-state index is 5.78. The molecular formula is C10H21N3. The molecule has 0 radical (unpaired) electrons. The number of nitrogens with two attached hydrogens (primary N) is 1. The summed E-state index contributed by atoms with van der Waals surface area (Å²) in [5.74, 6) is 1.60. The van der Waals surface area contributed by atoms with Crippen molar-refractivity contribution < 1.29 is 0 Å². The van der Waals surface area contributed by atoms with Crippen LogP contribution in [-0.2, 0) is 0 Å². The van der Waals surface area contributed by atoms with Crippen molar-refractivity contribution in [3.05, 3.63) is 0 Å². The molecule has 1 heterocycles. The Labute approximate surface area is 81.0 Å². The second kappa shape index (κ2) is 5.10. The summed E-state index contributed by atoms with van der Waals surface area (Å²) < 4.78 is 0. The Morgan fingerprint density at radius 1 is 1.46 bits per heavy atom. The highest BCUT2D eigenvalue weighted by Gasteiger charge is 2.16. The molecule has 1 aliphatic rings. The molecule has 0 spiro atoms. The van der Waals surface area contributed by atoms with Crippen molar-refractivity contribution in [3.8, 4) is 0 Å². The summed E-state index contributed by atoms with van der Waals surface area (Å²) in [5, 5.41) is 0. The summed E-state index contributed by atoms with van der Waals surface area (Å²) in [6.45, 7) is 4.44. The Kier molecular flexibility index (Phi) is 4.06. The van der Waals surface area contributed by atoms with Crippen molar-refractivity contribution in [2.24, 2.45) is 16.6 Å². The lowest BCUT2D eigenvalue weighted by atomic mass is 9.98. The lowest BCUT2D eigenvalue weighted by Crippen LogP contribution is -2.37. The van der Waals surface area contributed by atoms with Crippen LogP contribution in [0, 0.1) is 5.92 Å². The molecule has 13 heavy (non-hydrogen) atoms. The van der Waals surface area contributed by atoms with E-state index < -0.39 is 0 Å². The Hall–Kier alpha value is -0.730. The van der Waals surface area contributed by atoms with Crippen LogP contribution < -0.4 is 5.73 Å². The van der Waals surface area contributed by atoms with Crippen molar-refractivity contribution in [1.82, 2.24) is 4.90 Å². The van der Waals surface area contributed by atoms with E-state index in [1.165, 1.54) is 25.7 Å². The van der Waals surface area contributed by atoms with Gasteiger partial charge in [0.2, 0.25) is 0 Å². The van der Waals surface area contributed by atoms with Crippen LogP contribution in [0.25, 0.3) is 0 Å². The van der Waals surface area contributed by atoms with Gasteiger partial charge in [-0.15, -0.1) is 0 Å². The molecule has 1 unspecified atom stereocenters. The predicted molar refractivity (Wildman–Crippen MR) is 56.8 cm³/mol. The third-order valence-corrected chi connectivity index (χ3v) is 2.98. The summed E-state index contributed by atoms with van der Waals surface area (Å²) >= 11 is 0. The number of hydrogen-bond donors (Lipinski definition) is 1. The summed E-state index contributed by atoms with van der Waals surface area (Å²) in [4.78, 5) is 6.23. The van der Waals surface area contributed by atoms with Gasteiger partial charge < -0.3 is 10.6 Å². The molecule has 0 aromatic rings. The summed E-state index contributed by atoms with van der Waals surface area (Å²) in [7, 11) is 1.76. The molecule has 2 N–H and O–H groups in total. The molecule has 3 nitrogen and oxygen atoms in total. The Morgan fingerprint density at radius 3 is 2.85 bits per heavy atom. The molecule has 0 amide bonds. The number of likely N-dealkylation sites (tertiary alicyclic amines) is 1. The zero-order chi connectivity index (χ0) is 9.68. The Balaban J connectivity index is 2.44. The van der Waals surface area contributed by atoms with Crippen LogP contribution in [-0.4, -0.2) is 31.0 Å². The van der Waals surface area contributed by atoms with Crippen molar-refractivity contribution >= 4 is 5.96 Å². The van der Waals surface area contributed by atoms with Gasteiger partial charge in [-0.2, -0.15) is 0 Å². The smallest absolute Gasteiger partial charge is 0.190 e. The van der Waals surface area contributed by atoms with Gasteiger partial charge in [0, 0.05) is 20.1 Å². The molecular weight excluding hydrogens is 162 g/mol. The standard InChI is InChI=1S/C10H21N3/c1-3-9-5-4-7-13(8-6-9)10(11)12-2/h9H,3-8H2,1-2H3,(H2,11,12). The molecule has 1 fully saturated rings. The second-order valence-corrected chi connectivity index (χ2v) is 3.77. The normalized spacial score (nSPS) is 25.8. The highest BCUT2D eigenvalue weighted by molar-refractivity contribution is 5.77. The highest BCUT2D eigenvalue weighted by Crippen LogP contribution is 2.19. The number of nitrogens with zero attached hydrogens (tertiary/aromatic N) is 2. The van der Waals surface area contributed by atoms with Gasteiger partial charge in [0.05, 0.1) is 0 Å². The molecule has 1 atom stereocenters. The average molecular weight is 183 g/mol. The van der Waals surface area contributed by atoms with Gasteiger partial charge in [-0.1, -0.05) is 13.3 Å². The van der Waals surface area contributed by atoms with E-state index in [2.05, 4.69) is 16.8 Å². The maximum Gasteiger partial charge on any atom is 0.190 e. The molecule has 3 heteroatoms. The lowest BCUT2D eigenvalue weighted by Gasteiger charge is -2.20. The van der Waals surface area contributed by atoms with E-state index >= 15 is 0 Å². The largest absolute Gasteiger partial charge is 0.370 e. The van der Waals surface area contributed by atoms with Crippen LogP contribution >= 0.6 is 0 Å². The topological polar surface area (TPSA) is 41.6 Å². The minimum atomic E-state index is 0.705. The van der Waals surface area contributed by atoms with Gasteiger partial charge in [0.25, 0.3) is 0 Å². The maximum atomic E-state index is 5.78. The second-order valence-electron chi connectivity index (χ2n) is 3.77. The first kappa shape index (κ1) is 10.4. The van der Waals surface area contributed by atoms with Crippen LogP contribution in [0.4, 0.5) is 0 Å². The third-order valence-electron chi connectivity index (χ3n) is 2.98. The molecule has 0 saturated carbocycles. The minimum absolute atomic E-state index is 0.705. The molecule has 0 aliphatic carbocycles. The zero-order valence-corrected chi connectivity index (χ0v) is 8.79. The van der Waals surface area contributed by atoms with Crippen LogP contribution in [0.5, 0.6) is 0 Å². The number of aliphatic imine (C=N–C) groups is 1. The first-order valence-corrected chi connectivity index (χ1v) is 5.25. The quantitative estimate of drug-likeness (QED) is 0.494. The van der Waals surface area contributed by atoms with Crippen molar-refractivity contribution in [3.63, 3.8) is 0 Å². The number of guanidine groups is 1. The molecule has 0 bridgehead atoms. The average Bonchev–Trinajstić information content (AvgIpc) is 2.41. The van der Waals surface area contributed by atoms with Gasteiger partial charge in [-0.3, -0.25) is 4.99 Å². The van der Waals surface area contributed by atoms with Crippen LogP contribution in [0.2, 0.25) is 0 Å². The van der Waals surface area contributed by atoms with Crippen LogP contribution in [0.3, 0.4) is 0 Å². The van der Waals surface area contributed by atoms with Gasteiger partial charge in [-0.05, 0) is 25.2 Å². The summed E-state index contributed by atoms with van der Waals surface area (Å²) in [5.41, 5.74) is 5.78. The molecule has 76 valence electrons. The summed E-state index contributed by atoms with van der Waals surface area (Å²) in [6, 6.07) is 0. The van der Waals surface area contributed by atoms with E-state index in [0.29, 0.717) is 5.96 Å². The molecule has 1 rings (SSSR count). The van der Waals surface area contributed by atoms with Gasteiger partial charge in [0.15, 0.2) is 5.96 Å². The van der Waals surface area contributed by atoms with E-state index in [4.69, 9.17) is 5.73 Å². The van der Waals surface area contributed by atoms with E-state index in [1.54, 1.807) is 7.05 Å². The fourth-order valence-corrected chi connectivity index (χ4v) is 1.94. The van der Waals surface area contributed by atoms with E-state index in [1.807, 2.05) is 0 Å². The first-order chi connectivity index (χ1) is 6.27. The van der Waals surface area contributed by atoms with E-state index in [-0.39, 0.29) is 0 Å². The molecule has 0 aromatic heterocycles. The Morgan fingerprint density at radius 2 is 2.23 bits per heavy atom. The fourth-order valence-electron chi connectivity index (χ4n) is 1.94. The number of rotatable bonds is 1. The fraction of sp³-hybridized carbons (Fsp3) is 0.900. The lowest BCUT2D eigenvalue weighted by molar-refractivity contribution is 0.408. The van der Waals surface area contributed by atoms with Gasteiger partial charge in [0.1, 0.15) is 0 Å². The molecule has 1 aliphatic heterocycles. The monoisotopic (exact) mass is 183 g/mol. The first-order valence-electron chi connectivity index (χ1n) is 5.25. The number of hydrogen-bond acceptors (Lipinski definition) is 1.